The van der Waals surface area contributed by atoms with E-state index in [1.54, 1.807) is 0 Å². The Balaban J connectivity index is 2.07. The number of hydrogen-bond donors (Lipinski definition) is 2. The van der Waals surface area contributed by atoms with E-state index >= 15 is 0 Å². The molecule has 1 amide bonds. The Bertz CT molecular complexity index is 410. The average Bonchev–Trinajstić information content (AvgIpc) is 2.42. The Morgan fingerprint density at radius 2 is 2.17 bits per heavy atom. The van der Waals surface area contributed by atoms with Gasteiger partial charge in [0.15, 0.2) is 0 Å². The Hall–Kier alpha value is -0.870. The second-order valence-electron chi connectivity index (χ2n) is 4.88. The Morgan fingerprint density at radius 3 is 2.72 bits per heavy atom. The number of carbonyl (C=O) groups excluding carboxylic acids is 1. The number of nitrogens with one attached hydrogen (secondary N) is 2. The highest BCUT2D eigenvalue weighted by Gasteiger charge is 2.37. The fourth-order valence-corrected chi connectivity index (χ4v) is 2.69. The number of halogens is 1. The van der Waals surface area contributed by atoms with Crippen LogP contribution < -0.4 is 10.6 Å². The molecule has 3 nitrogen and oxygen atoms in total. The van der Waals surface area contributed by atoms with Gasteiger partial charge in [-0.2, -0.15) is 0 Å². The first-order chi connectivity index (χ1) is 8.66. The number of hydrogen-bond acceptors (Lipinski definition) is 2. The van der Waals surface area contributed by atoms with E-state index in [0.717, 1.165) is 42.5 Å². The lowest BCUT2D eigenvalue weighted by Gasteiger charge is -2.35. The highest BCUT2D eigenvalue weighted by atomic mass is 79.9. The third kappa shape index (κ3) is 2.93. The van der Waals surface area contributed by atoms with E-state index in [2.05, 4.69) is 33.5 Å². The predicted molar refractivity (Wildman–Crippen MR) is 77.6 cm³/mol. The van der Waals surface area contributed by atoms with Crippen LogP contribution in [-0.2, 0) is 4.79 Å². The van der Waals surface area contributed by atoms with E-state index in [1.807, 2.05) is 24.3 Å². The van der Waals surface area contributed by atoms with Crippen molar-refractivity contribution in [2.45, 2.75) is 26.2 Å². The molecule has 1 fully saturated rings. The quantitative estimate of drug-likeness (QED) is 0.900. The van der Waals surface area contributed by atoms with Crippen LogP contribution in [0.2, 0.25) is 0 Å². The van der Waals surface area contributed by atoms with Gasteiger partial charge in [-0.15, -0.1) is 0 Å². The maximum Gasteiger partial charge on any atom is 0.231 e. The zero-order valence-electron chi connectivity index (χ0n) is 10.6. The van der Waals surface area contributed by atoms with Crippen LogP contribution in [0.1, 0.15) is 26.2 Å². The highest BCUT2D eigenvalue weighted by molar-refractivity contribution is 9.10. The molecule has 2 rings (SSSR count). The zero-order chi connectivity index (χ0) is 13.0. The summed E-state index contributed by atoms with van der Waals surface area (Å²) in [4.78, 5) is 12.4. The molecule has 1 aromatic rings. The van der Waals surface area contributed by atoms with Crippen LogP contribution in [0, 0.1) is 5.41 Å². The van der Waals surface area contributed by atoms with Crippen molar-refractivity contribution in [2.24, 2.45) is 5.41 Å². The molecular formula is C14H19BrN2O. The van der Waals surface area contributed by atoms with Crippen LogP contribution in [-0.4, -0.2) is 19.0 Å². The average molecular weight is 311 g/mol. The Labute approximate surface area is 116 Å². The molecule has 0 radical (unpaired) electrons. The molecule has 2 N–H and O–H groups in total. The van der Waals surface area contributed by atoms with Crippen LogP contribution in [0.25, 0.3) is 0 Å². The van der Waals surface area contributed by atoms with Crippen LogP contribution in [0.15, 0.2) is 28.7 Å². The third-order valence-corrected chi connectivity index (χ3v) is 4.26. The van der Waals surface area contributed by atoms with Crippen molar-refractivity contribution >= 4 is 27.5 Å². The molecule has 1 aliphatic rings. The largest absolute Gasteiger partial charge is 0.326 e. The Morgan fingerprint density at radius 1 is 1.44 bits per heavy atom. The molecule has 0 saturated carbocycles. The summed E-state index contributed by atoms with van der Waals surface area (Å²) < 4.78 is 1.02. The standard InChI is InChI=1S/C14H19BrN2O/c1-2-14(8-3-9-16-10-14)13(18)17-12-6-4-11(15)5-7-12/h4-7,16H,2-3,8-10H2,1H3,(H,17,18). The summed E-state index contributed by atoms with van der Waals surface area (Å²) in [5.74, 6) is 0.138. The minimum atomic E-state index is -0.245. The van der Waals surface area contributed by atoms with Gasteiger partial charge in [-0.1, -0.05) is 22.9 Å². The molecule has 1 heterocycles. The lowest BCUT2D eigenvalue weighted by Crippen LogP contribution is -2.47. The molecule has 98 valence electrons. The normalized spacial score (nSPS) is 23.7. The van der Waals surface area contributed by atoms with Crippen molar-refractivity contribution in [1.82, 2.24) is 5.32 Å². The summed E-state index contributed by atoms with van der Waals surface area (Å²) in [7, 11) is 0. The van der Waals surface area contributed by atoms with E-state index < -0.39 is 0 Å². The van der Waals surface area contributed by atoms with Gasteiger partial charge in [0.2, 0.25) is 5.91 Å². The molecule has 1 atom stereocenters. The van der Waals surface area contributed by atoms with E-state index in [9.17, 15) is 4.79 Å². The van der Waals surface area contributed by atoms with Crippen LogP contribution >= 0.6 is 15.9 Å². The fraction of sp³-hybridized carbons (Fsp3) is 0.500. The maximum absolute atomic E-state index is 12.4. The summed E-state index contributed by atoms with van der Waals surface area (Å²) in [6, 6.07) is 7.71. The zero-order valence-corrected chi connectivity index (χ0v) is 12.2. The first kappa shape index (κ1) is 13.6. The second kappa shape index (κ2) is 5.85. The number of anilines is 1. The molecule has 1 unspecified atom stereocenters. The van der Waals surface area contributed by atoms with E-state index in [4.69, 9.17) is 0 Å². The molecule has 18 heavy (non-hydrogen) atoms. The van der Waals surface area contributed by atoms with Crippen molar-refractivity contribution in [2.75, 3.05) is 18.4 Å². The van der Waals surface area contributed by atoms with Crippen molar-refractivity contribution < 1.29 is 4.79 Å². The summed E-state index contributed by atoms with van der Waals surface area (Å²) in [5, 5.41) is 6.36. The number of rotatable bonds is 3. The van der Waals surface area contributed by atoms with Gasteiger partial charge in [-0.05, 0) is 50.1 Å². The molecule has 0 spiro atoms. The molecule has 1 aliphatic heterocycles. The summed E-state index contributed by atoms with van der Waals surface area (Å²) in [6.45, 7) is 3.90. The van der Waals surface area contributed by atoms with Gasteiger partial charge < -0.3 is 10.6 Å². The number of carbonyl (C=O) groups is 1. The van der Waals surface area contributed by atoms with Crippen molar-refractivity contribution in [3.8, 4) is 0 Å². The summed E-state index contributed by atoms with van der Waals surface area (Å²) >= 11 is 3.39. The van der Waals surface area contributed by atoms with Gasteiger partial charge in [0.1, 0.15) is 0 Å². The first-order valence-electron chi connectivity index (χ1n) is 6.44. The minimum Gasteiger partial charge on any atom is -0.326 e. The van der Waals surface area contributed by atoms with Crippen molar-refractivity contribution in [3.63, 3.8) is 0 Å². The van der Waals surface area contributed by atoms with Gasteiger partial charge in [0.25, 0.3) is 0 Å². The molecule has 0 aromatic heterocycles. The Kier molecular flexibility index (Phi) is 4.40. The molecule has 4 heteroatoms. The second-order valence-corrected chi connectivity index (χ2v) is 5.79. The number of piperidine rings is 1. The van der Waals surface area contributed by atoms with Gasteiger partial charge >= 0.3 is 0 Å². The predicted octanol–water partition coefficient (Wildman–Crippen LogP) is 3.17. The first-order valence-corrected chi connectivity index (χ1v) is 7.23. The van der Waals surface area contributed by atoms with Gasteiger partial charge in [0, 0.05) is 16.7 Å². The topological polar surface area (TPSA) is 41.1 Å². The van der Waals surface area contributed by atoms with Crippen LogP contribution in [0.4, 0.5) is 5.69 Å². The summed E-state index contributed by atoms with van der Waals surface area (Å²) in [5.41, 5.74) is 0.618. The molecule has 1 saturated heterocycles. The summed E-state index contributed by atoms with van der Waals surface area (Å²) in [6.07, 6.45) is 2.92. The lowest BCUT2D eigenvalue weighted by atomic mass is 9.77. The number of benzene rings is 1. The highest BCUT2D eigenvalue weighted by Crippen LogP contribution is 2.31. The lowest BCUT2D eigenvalue weighted by molar-refractivity contribution is -0.126. The van der Waals surface area contributed by atoms with Crippen molar-refractivity contribution in [3.05, 3.63) is 28.7 Å². The SMILES string of the molecule is CCC1(C(=O)Nc2ccc(Br)cc2)CCCNC1. The smallest absolute Gasteiger partial charge is 0.231 e. The van der Waals surface area contributed by atoms with Gasteiger partial charge in [-0.25, -0.2) is 0 Å². The molecule has 0 bridgehead atoms. The van der Waals surface area contributed by atoms with Gasteiger partial charge in [0.05, 0.1) is 5.41 Å². The van der Waals surface area contributed by atoms with Gasteiger partial charge in [-0.3, -0.25) is 4.79 Å². The molecular weight excluding hydrogens is 292 g/mol. The van der Waals surface area contributed by atoms with E-state index in [-0.39, 0.29) is 11.3 Å². The third-order valence-electron chi connectivity index (χ3n) is 3.73. The monoisotopic (exact) mass is 310 g/mol. The van der Waals surface area contributed by atoms with E-state index in [1.165, 1.54) is 0 Å². The minimum absolute atomic E-state index is 0.138. The molecule has 1 aromatic carbocycles. The number of amides is 1. The van der Waals surface area contributed by atoms with E-state index in [0.29, 0.717) is 0 Å². The fourth-order valence-electron chi connectivity index (χ4n) is 2.42. The van der Waals surface area contributed by atoms with Crippen LogP contribution in [0.3, 0.4) is 0 Å². The molecule has 0 aliphatic carbocycles. The maximum atomic E-state index is 12.4. The van der Waals surface area contributed by atoms with Crippen LogP contribution in [0.5, 0.6) is 0 Å². The van der Waals surface area contributed by atoms with Crippen molar-refractivity contribution in [1.29, 1.82) is 0 Å².